The van der Waals surface area contributed by atoms with Gasteiger partial charge >= 0.3 is 5.97 Å². The number of hydrogen-bond donors (Lipinski definition) is 2. The van der Waals surface area contributed by atoms with Gasteiger partial charge < -0.3 is 10.4 Å². The summed E-state index contributed by atoms with van der Waals surface area (Å²) in [7, 11) is 0. The maximum absolute atomic E-state index is 12.1. The van der Waals surface area contributed by atoms with E-state index in [1.807, 2.05) is 65.6 Å². The molecule has 0 fully saturated rings. The molecule has 2 rings (SSSR count). The number of benzene rings is 2. The van der Waals surface area contributed by atoms with Crippen LogP contribution in [0.5, 0.6) is 0 Å². The lowest BCUT2D eigenvalue weighted by atomic mass is 10.1. The lowest BCUT2D eigenvalue weighted by Gasteiger charge is -2.22. The third-order valence-corrected chi connectivity index (χ3v) is 3.61. The second kappa shape index (κ2) is 8.84. The summed E-state index contributed by atoms with van der Waals surface area (Å²) in [5.74, 6) is -1.34. The number of nitrogens with one attached hydrogen (secondary N) is 1. The predicted molar refractivity (Wildman–Crippen MR) is 92.2 cm³/mol. The van der Waals surface area contributed by atoms with Crippen LogP contribution in [0, 0.1) is 0 Å². The summed E-state index contributed by atoms with van der Waals surface area (Å²) in [6.45, 7) is 2.83. The first-order valence-corrected chi connectivity index (χ1v) is 7.87. The average molecular weight is 326 g/mol. The van der Waals surface area contributed by atoms with Crippen molar-refractivity contribution in [2.45, 2.75) is 26.1 Å². The van der Waals surface area contributed by atoms with Crippen LogP contribution < -0.4 is 5.32 Å². The highest BCUT2D eigenvalue weighted by atomic mass is 16.4. The molecule has 0 aliphatic carbocycles. The Morgan fingerprint density at radius 2 is 1.42 bits per heavy atom. The van der Waals surface area contributed by atoms with Gasteiger partial charge in [-0.05, 0) is 18.1 Å². The van der Waals surface area contributed by atoms with E-state index in [-0.39, 0.29) is 12.5 Å². The third-order valence-electron chi connectivity index (χ3n) is 3.61. The fourth-order valence-corrected chi connectivity index (χ4v) is 2.40. The minimum Gasteiger partial charge on any atom is -0.480 e. The van der Waals surface area contributed by atoms with E-state index >= 15 is 0 Å². The normalized spacial score (nSPS) is 11.9. The first-order chi connectivity index (χ1) is 11.5. The predicted octanol–water partition coefficient (Wildman–Crippen LogP) is 2.28. The molecule has 0 radical (unpaired) electrons. The second-order valence-electron chi connectivity index (χ2n) is 5.74. The van der Waals surface area contributed by atoms with Gasteiger partial charge in [-0.1, -0.05) is 60.7 Å². The maximum Gasteiger partial charge on any atom is 0.325 e. The molecule has 0 heterocycles. The van der Waals surface area contributed by atoms with Gasteiger partial charge in [0.05, 0.1) is 6.54 Å². The Hall–Kier alpha value is -2.66. The van der Waals surface area contributed by atoms with Gasteiger partial charge in [0, 0.05) is 13.1 Å². The van der Waals surface area contributed by atoms with E-state index in [4.69, 9.17) is 5.11 Å². The van der Waals surface area contributed by atoms with Crippen molar-refractivity contribution in [1.29, 1.82) is 0 Å². The van der Waals surface area contributed by atoms with Crippen LogP contribution in [0.1, 0.15) is 18.1 Å². The zero-order valence-electron chi connectivity index (χ0n) is 13.7. The van der Waals surface area contributed by atoms with Gasteiger partial charge in [0.1, 0.15) is 6.04 Å². The number of rotatable bonds is 8. The summed E-state index contributed by atoms with van der Waals surface area (Å²) >= 11 is 0. The molecule has 0 spiro atoms. The molecule has 0 aromatic heterocycles. The van der Waals surface area contributed by atoms with Crippen LogP contribution in [0.4, 0.5) is 0 Å². The van der Waals surface area contributed by atoms with Crippen molar-refractivity contribution in [3.8, 4) is 0 Å². The van der Waals surface area contributed by atoms with Gasteiger partial charge in [-0.15, -0.1) is 0 Å². The molecule has 0 saturated heterocycles. The Balaban J connectivity index is 2.04. The summed E-state index contributed by atoms with van der Waals surface area (Å²) in [6, 6.07) is 18.9. The molecule has 0 aliphatic rings. The summed E-state index contributed by atoms with van der Waals surface area (Å²) in [4.78, 5) is 25.0. The molecule has 2 aromatic carbocycles. The topological polar surface area (TPSA) is 69.6 Å². The smallest absolute Gasteiger partial charge is 0.325 e. The van der Waals surface area contributed by atoms with Crippen molar-refractivity contribution in [2.24, 2.45) is 0 Å². The van der Waals surface area contributed by atoms with Crippen molar-refractivity contribution in [3.05, 3.63) is 71.8 Å². The SMILES string of the molecule is C[C@@H](NC(=O)CN(Cc1ccccc1)Cc1ccccc1)C(=O)O. The summed E-state index contributed by atoms with van der Waals surface area (Å²) < 4.78 is 0. The monoisotopic (exact) mass is 326 g/mol. The third kappa shape index (κ3) is 5.85. The number of nitrogens with zero attached hydrogens (tertiary/aromatic N) is 1. The summed E-state index contributed by atoms with van der Waals surface area (Å²) in [5, 5.41) is 11.4. The number of aliphatic carboxylic acids is 1. The summed E-state index contributed by atoms with van der Waals surface area (Å²) in [5.41, 5.74) is 2.21. The largest absolute Gasteiger partial charge is 0.480 e. The highest BCUT2D eigenvalue weighted by Crippen LogP contribution is 2.09. The number of hydrogen-bond acceptors (Lipinski definition) is 3. The van der Waals surface area contributed by atoms with Crippen LogP contribution in [0.3, 0.4) is 0 Å². The van der Waals surface area contributed by atoms with Crippen molar-refractivity contribution in [3.63, 3.8) is 0 Å². The van der Waals surface area contributed by atoms with Crippen molar-refractivity contribution in [2.75, 3.05) is 6.54 Å². The molecule has 5 heteroatoms. The number of carboxylic acid groups (broad SMARTS) is 1. The first-order valence-electron chi connectivity index (χ1n) is 7.87. The Morgan fingerprint density at radius 3 is 1.83 bits per heavy atom. The standard InChI is InChI=1S/C19H22N2O3/c1-15(19(23)24)20-18(22)14-21(12-16-8-4-2-5-9-16)13-17-10-6-3-7-11-17/h2-11,15H,12-14H2,1H3,(H,20,22)(H,23,24)/t15-/m1/s1. The van der Waals surface area contributed by atoms with Crippen LogP contribution in [0.25, 0.3) is 0 Å². The van der Waals surface area contributed by atoms with E-state index in [0.717, 1.165) is 11.1 Å². The van der Waals surface area contributed by atoms with E-state index < -0.39 is 12.0 Å². The Morgan fingerprint density at radius 1 is 0.958 bits per heavy atom. The molecule has 5 nitrogen and oxygen atoms in total. The van der Waals surface area contributed by atoms with Gasteiger partial charge in [0.25, 0.3) is 0 Å². The fourth-order valence-electron chi connectivity index (χ4n) is 2.40. The van der Waals surface area contributed by atoms with Crippen molar-refractivity contribution < 1.29 is 14.7 Å². The van der Waals surface area contributed by atoms with Crippen LogP contribution in [0.15, 0.2) is 60.7 Å². The molecule has 2 aromatic rings. The first kappa shape index (κ1) is 17.7. The molecule has 0 aliphatic heterocycles. The quantitative estimate of drug-likeness (QED) is 0.781. The number of amides is 1. The Kier molecular flexibility index (Phi) is 6.51. The van der Waals surface area contributed by atoms with E-state index in [0.29, 0.717) is 13.1 Å². The molecule has 0 unspecified atom stereocenters. The van der Waals surface area contributed by atoms with E-state index in [9.17, 15) is 9.59 Å². The zero-order chi connectivity index (χ0) is 17.4. The van der Waals surface area contributed by atoms with Crippen LogP contribution in [-0.2, 0) is 22.7 Å². The van der Waals surface area contributed by atoms with Gasteiger partial charge in [-0.2, -0.15) is 0 Å². The highest BCUT2D eigenvalue weighted by molar-refractivity contribution is 5.84. The van der Waals surface area contributed by atoms with E-state index in [1.54, 1.807) is 0 Å². The van der Waals surface area contributed by atoms with Crippen molar-refractivity contribution >= 4 is 11.9 Å². The molecule has 1 amide bonds. The molecule has 0 saturated carbocycles. The molecule has 126 valence electrons. The molecular formula is C19H22N2O3. The molecule has 1 atom stereocenters. The van der Waals surface area contributed by atoms with Crippen LogP contribution in [-0.4, -0.2) is 34.5 Å². The van der Waals surface area contributed by atoms with Gasteiger partial charge in [-0.25, -0.2) is 0 Å². The van der Waals surface area contributed by atoms with Crippen LogP contribution in [0.2, 0.25) is 0 Å². The molecule has 0 bridgehead atoms. The van der Waals surface area contributed by atoms with E-state index in [2.05, 4.69) is 5.32 Å². The minimum absolute atomic E-state index is 0.140. The van der Waals surface area contributed by atoms with Crippen LogP contribution >= 0.6 is 0 Å². The van der Waals surface area contributed by atoms with Gasteiger partial charge in [-0.3, -0.25) is 14.5 Å². The maximum atomic E-state index is 12.1. The van der Waals surface area contributed by atoms with Gasteiger partial charge in [0.2, 0.25) is 5.91 Å². The summed E-state index contributed by atoms with van der Waals surface area (Å²) in [6.07, 6.45) is 0. The van der Waals surface area contributed by atoms with E-state index in [1.165, 1.54) is 6.92 Å². The number of carbonyl (C=O) groups excluding carboxylic acids is 1. The second-order valence-corrected chi connectivity index (χ2v) is 5.74. The number of carboxylic acids is 1. The lowest BCUT2D eigenvalue weighted by Crippen LogP contribution is -2.43. The number of carbonyl (C=O) groups is 2. The molecular weight excluding hydrogens is 304 g/mol. The van der Waals surface area contributed by atoms with Crippen molar-refractivity contribution in [1.82, 2.24) is 10.2 Å². The molecule has 2 N–H and O–H groups in total. The Labute approximate surface area is 141 Å². The Bertz CT molecular complexity index is 617. The highest BCUT2D eigenvalue weighted by Gasteiger charge is 2.17. The molecule has 24 heavy (non-hydrogen) atoms. The fraction of sp³-hybridized carbons (Fsp3) is 0.263. The zero-order valence-corrected chi connectivity index (χ0v) is 13.7. The average Bonchev–Trinajstić information content (AvgIpc) is 2.56. The lowest BCUT2D eigenvalue weighted by molar-refractivity contribution is -0.141. The van der Waals surface area contributed by atoms with Gasteiger partial charge in [0.15, 0.2) is 0 Å². The minimum atomic E-state index is -1.04.